The molecule has 0 aliphatic heterocycles. The van der Waals surface area contributed by atoms with Crippen molar-refractivity contribution in [3.63, 3.8) is 0 Å². The smallest absolute Gasteiger partial charge is 0.160 e. The highest BCUT2D eigenvalue weighted by molar-refractivity contribution is 7.89. The third-order valence-electron chi connectivity index (χ3n) is 7.09. The first-order chi connectivity index (χ1) is 17.2. The summed E-state index contributed by atoms with van der Waals surface area (Å²) in [6.07, 6.45) is 6.99. The van der Waals surface area contributed by atoms with Crippen molar-refractivity contribution < 1.29 is 17.2 Å². The van der Waals surface area contributed by atoms with Gasteiger partial charge in [0.2, 0.25) is 0 Å². The first-order valence-electron chi connectivity index (χ1n) is 11.5. The standard InChI is InChI=1S/C26H21F2N5O2S/c1-36(34,35)14-17-6-5-16(13-30-17)25-29-10-8-22(31-25)26-9-7-15(12-26)18-11-21(32-33-24(18)26)23-19(27)3-2-4-20(23)28/h2-6,8,10-11,13,15H,7,9,12,14H2,1H3/t15-,26+/m1/s1. The summed E-state index contributed by atoms with van der Waals surface area (Å²) in [6.45, 7) is 0. The first kappa shape index (κ1) is 22.8. The summed E-state index contributed by atoms with van der Waals surface area (Å²) in [5.74, 6) is -0.778. The molecule has 1 fully saturated rings. The summed E-state index contributed by atoms with van der Waals surface area (Å²) in [7, 11) is -3.18. The van der Waals surface area contributed by atoms with E-state index < -0.39 is 26.9 Å². The number of fused-ring (bicyclic) bond motifs is 5. The zero-order chi connectivity index (χ0) is 25.1. The van der Waals surface area contributed by atoms with Gasteiger partial charge in [0, 0.05) is 24.2 Å². The summed E-state index contributed by atoms with van der Waals surface area (Å²) < 4.78 is 51.8. The number of pyridine rings is 1. The molecule has 2 atom stereocenters. The van der Waals surface area contributed by atoms with Crippen molar-refractivity contribution in [3.05, 3.63) is 89.1 Å². The van der Waals surface area contributed by atoms with E-state index in [-0.39, 0.29) is 22.9 Å². The molecule has 0 amide bonds. The first-order valence-corrected chi connectivity index (χ1v) is 13.6. The normalized spacial score (nSPS) is 20.5. The zero-order valence-corrected chi connectivity index (χ0v) is 20.1. The maximum absolute atomic E-state index is 14.4. The second-order valence-corrected chi connectivity index (χ2v) is 11.7. The van der Waals surface area contributed by atoms with Crippen LogP contribution >= 0.6 is 0 Å². The van der Waals surface area contributed by atoms with E-state index in [4.69, 9.17) is 4.98 Å². The molecule has 0 unspecified atom stereocenters. The van der Waals surface area contributed by atoms with Crippen LogP contribution in [0.1, 0.15) is 47.8 Å². The number of halogens is 2. The fourth-order valence-electron chi connectivity index (χ4n) is 5.51. The minimum atomic E-state index is -3.18. The van der Waals surface area contributed by atoms with Gasteiger partial charge in [0.05, 0.1) is 39.5 Å². The van der Waals surface area contributed by atoms with Gasteiger partial charge in [-0.25, -0.2) is 27.2 Å². The second kappa shape index (κ2) is 8.19. The lowest BCUT2D eigenvalue weighted by Gasteiger charge is -2.27. The van der Waals surface area contributed by atoms with Crippen LogP contribution in [0.25, 0.3) is 22.6 Å². The molecule has 6 rings (SSSR count). The Morgan fingerprint density at radius 2 is 1.86 bits per heavy atom. The fourth-order valence-corrected chi connectivity index (χ4v) is 6.22. The molecule has 0 radical (unpaired) electrons. The molecule has 0 spiro atoms. The molecule has 182 valence electrons. The van der Waals surface area contributed by atoms with E-state index in [0.29, 0.717) is 17.1 Å². The van der Waals surface area contributed by atoms with E-state index in [1.807, 2.05) is 6.07 Å². The molecule has 36 heavy (non-hydrogen) atoms. The number of aromatic nitrogens is 5. The van der Waals surface area contributed by atoms with E-state index in [0.717, 1.165) is 36.2 Å². The van der Waals surface area contributed by atoms with Crippen molar-refractivity contribution in [1.29, 1.82) is 0 Å². The molecule has 7 nitrogen and oxygen atoms in total. The summed E-state index contributed by atoms with van der Waals surface area (Å²) in [5, 5.41) is 8.70. The van der Waals surface area contributed by atoms with Gasteiger partial charge in [-0.05, 0) is 67.1 Å². The predicted octanol–water partition coefficient (Wildman–Crippen LogP) is 4.39. The Hall–Kier alpha value is -3.66. The Labute approximate surface area is 206 Å². The molecular weight excluding hydrogens is 484 g/mol. The lowest BCUT2D eigenvalue weighted by atomic mass is 9.79. The van der Waals surface area contributed by atoms with Gasteiger partial charge in [-0.2, -0.15) is 5.10 Å². The average Bonchev–Trinajstić information content (AvgIpc) is 3.43. The van der Waals surface area contributed by atoms with Gasteiger partial charge in [-0.1, -0.05) is 6.07 Å². The van der Waals surface area contributed by atoms with E-state index >= 15 is 0 Å². The SMILES string of the molecule is CS(=O)(=O)Cc1ccc(-c2nccc([C@]34CC[C@H](C3)c3cc(-c5c(F)cccc5F)nnc34)n2)cn1. The molecular formula is C26H21F2N5O2S. The number of nitrogens with zero attached hydrogens (tertiary/aromatic N) is 5. The van der Waals surface area contributed by atoms with Crippen molar-refractivity contribution in [3.8, 4) is 22.6 Å². The lowest BCUT2D eigenvalue weighted by molar-refractivity contribution is 0.509. The van der Waals surface area contributed by atoms with Gasteiger partial charge in [-0.3, -0.25) is 4.98 Å². The van der Waals surface area contributed by atoms with Crippen molar-refractivity contribution in [2.45, 2.75) is 36.3 Å². The van der Waals surface area contributed by atoms with Crippen LogP contribution in [0.4, 0.5) is 8.78 Å². The summed E-state index contributed by atoms with van der Waals surface area (Å²) in [4.78, 5) is 13.5. The maximum Gasteiger partial charge on any atom is 0.160 e. The fraction of sp³-hybridized carbons (Fsp3) is 0.269. The number of sulfone groups is 1. The van der Waals surface area contributed by atoms with Crippen molar-refractivity contribution in [2.24, 2.45) is 0 Å². The Kier molecular flexibility index (Phi) is 5.18. The molecule has 4 aromatic rings. The van der Waals surface area contributed by atoms with E-state index in [1.54, 1.807) is 30.6 Å². The Morgan fingerprint density at radius 3 is 2.58 bits per heavy atom. The number of rotatable bonds is 5. The minimum Gasteiger partial charge on any atom is -0.259 e. The van der Waals surface area contributed by atoms with Crippen LogP contribution in [0.5, 0.6) is 0 Å². The molecule has 3 heterocycles. The third kappa shape index (κ3) is 3.76. The number of hydrogen-bond acceptors (Lipinski definition) is 7. The van der Waals surface area contributed by atoms with Gasteiger partial charge in [0.1, 0.15) is 11.6 Å². The highest BCUT2D eigenvalue weighted by Crippen LogP contribution is 2.59. The van der Waals surface area contributed by atoms with Crippen LogP contribution in [0.2, 0.25) is 0 Å². The molecule has 0 saturated heterocycles. The third-order valence-corrected chi connectivity index (χ3v) is 7.91. The Morgan fingerprint density at radius 1 is 1.06 bits per heavy atom. The molecule has 1 saturated carbocycles. The quantitative estimate of drug-likeness (QED) is 0.397. The topological polar surface area (TPSA) is 98.6 Å². The molecule has 3 aromatic heterocycles. The van der Waals surface area contributed by atoms with Gasteiger partial charge in [-0.15, -0.1) is 5.10 Å². The molecule has 10 heteroatoms. The molecule has 1 aromatic carbocycles. The highest BCUT2D eigenvalue weighted by atomic mass is 32.2. The Bertz CT molecular complexity index is 1590. The van der Waals surface area contributed by atoms with Crippen LogP contribution in [-0.2, 0) is 21.0 Å². The van der Waals surface area contributed by atoms with Crippen LogP contribution < -0.4 is 0 Å². The van der Waals surface area contributed by atoms with Crippen LogP contribution in [-0.4, -0.2) is 39.8 Å². The van der Waals surface area contributed by atoms with Gasteiger partial charge in [0.15, 0.2) is 15.7 Å². The van der Waals surface area contributed by atoms with Crippen LogP contribution in [0.15, 0.2) is 54.9 Å². The molecule has 2 aliphatic rings. The largest absolute Gasteiger partial charge is 0.259 e. The Balaban J connectivity index is 1.37. The van der Waals surface area contributed by atoms with E-state index in [2.05, 4.69) is 20.2 Å². The van der Waals surface area contributed by atoms with Crippen LogP contribution in [0, 0.1) is 11.6 Å². The zero-order valence-electron chi connectivity index (χ0n) is 19.3. The summed E-state index contributed by atoms with van der Waals surface area (Å²) in [5.41, 5.74) is 3.28. The average molecular weight is 506 g/mol. The molecule has 2 bridgehead atoms. The molecule has 0 N–H and O–H groups in total. The van der Waals surface area contributed by atoms with Gasteiger partial charge < -0.3 is 0 Å². The minimum absolute atomic E-state index is 0.132. The van der Waals surface area contributed by atoms with E-state index in [9.17, 15) is 17.2 Å². The summed E-state index contributed by atoms with van der Waals surface area (Å²) in [6, 6.07) is 10.8. The van der Waals surface area contributed by atoms with Crippen molar-refractivity contribution >= 4 is 9.84 Å². The number of benzene rings is 1. The maximum atomic E-state index is 14.4. The number of hydrogen-bond donors (Lipinski definition) is 0. The van der Waals surface area contributed by atoms with Crippen molar-refractivity contribution in [2.75, 3.05) is 6.26 Å². The monoisotopic (exact) mass is 505 g/mol. The second-order valence-electron chi connectivity index (χ2n) is 9.53. The summed E-state index contributed by atoms with van der Waals surface area (Å²) >= 11 is 0. The molecule has 2 aliphatic carbocycles. The van der Waals surface area contributed by atoms with Crippen molar-refractivity contribution in [1.82, 2.24) is 25.1 Å². The van der Waals surface area contributed by atoms with E-state index in [1.165, 1.54) is 24.5 Å². The van der Waals surface area contributed by atoms with Gasteiger partial charge in [0.25, 0.3) is 0 Å². The van der Waals surface area contributed by atoms with Crippen LogP contribution in [0.3, 0.4) is 0 Å². The van der Waals surface area contributed by atoms with Gasteiger partial charge >= 0.3 is 0 Å². The highest BCUT2D eigenvalue weighted by Gasteiger charge is 2.53. The lowest BCUT2D eigenvalue weighted by Crippen LogP contribution is -2.26. The predicted molar refractivity (Wildman–Crippen MR) is 129 cm³/mol.